The van der Waals surface area contributed by atoms with E-state index in [9.17, 15) is 18.4 Å². The SMILES string of the molecule is O=C(O)c1ccc(CC2CCCCC(CNC3CC3c3cc(C(=O)NC4CCC(F)(F)CC4)cs3)CC2)cc1. The van der Waals surface area contributed by atoms with Gasteiger partial charge in [0.15, 0.2) is 0 Å². The minimum atomic E-state index is -2.58. The summed E-state index contributed by atoms with van der Waals surface area (Å²) >= 11 is 1.63. The number of halogens is 2. The van der Waals surface area contributed by atoms with Crippen molar-refractivity contribution in [2.75, 3.05) is 6.54 Å². The van der Waals surface area contributed by atoms with Gasteiger partial charge in [-0.2, -0.15) is 0 Å². The molecule has 0 aliphatic heterocycles. The quantitative estimate of drug-likeness (QED) is 0.309. The van der Waals surface area contributed by atoms with E-state index in [1.165, 1.54) is 49.0 Å². The molecule has 5 rings (SSSR count). The third kappa shape index (κ3) is 7.88. The number of amides is 1. The Hall–Kier alpha value is -2.32. The van der Waals surface area contributed by atoms with Gasteiger partial charge in [0.1, 0.15) is 0 Å². The average Bonchev–Trinajstić information content (AvgIpc) is 3.50. The van der Waals surface area contributed by atoms with Gasteiger partial charge in [-0.15, -0.1) is 11.3 Å². The van der Waals surface area contributed by atoms with Crippen LogP contribution >= 0.6 is 11.3 Å². The van der Waals surface area contributed by atoms with E-state index in [0.29, 0.717) is 47.8 Å². The van der Waals surface area contributed by atoms with Crippen LogP contribution in [0, 0.1) is 11.8 Å². The smallest absolute Gasteiger partial charge is 0.335 e. The monoisotopic (exact) mass is 558 g/mol. The van der Waals surface area contributed by atoms with Crippen LogP contribution < -0.4 is 10.6 Å². The number of alkyl halides is 2. The maximum atomic E-state index is 13.4. The van der Waals surface area contributed by atoms with Crippen LogP contribution in [0.2, 0.25) is 0 Å². The largest absolute Gasteiger partial charge is 0.478 e. The minimum absolute atomic E-state index is 0.139. The summed E-state index contributed by atoms with van der Waals surface area (Å²) in [7, 11) is 0. The molecule has 3 aliphatic carbocycles. The predicted molar refractivity (Wildman–Crippen MR) is 150 cm³/mol. The topological polar surface area (TPSA) is 78.4 Å². The third-order valence-corrected chi connectivity index (χ3v) is 10.0. The lowest BCUT2D eigenvalue weighted by Gasteiger charge is -2.28. The van der Waals surface area contributed by atoms with Crippen molar-refractivity contribution >= 4 is 23.2 Å². The van der Waals surface area contributed by atoms with Crippen molar-refractivity contribution in [2.45, 2.75) is 101 Å². The van der Waals surface area contributed by atoms with E-state index in [1.54, 1.807) is 23.5 Å². The van der Waals surface area contributed by atoms with Crippen molar-refractivity contribution in [2.24, 2.45) is 11.8 Å². The van der Waals surface area contributed by atoms with Crippen LogP contribution in [-0.2, 0) is 6.42 Å². The molecule has 1 aromatic heterocycles. The molecule has 1 heterocycles. The Morgan fingerprint density at radius 3 is 2.36 bits per heavy atom. The van der Waals surface area contributed by atoms with Gasteiger partial charge in [-0.05, 0) is 87.1 Å². The molecular formula is C31H40F2N2O3S. The van der Waals surface area contributed by atoms with E-state index in [4.69, 9.17) is 5.11 Å². The van der Waals surface area contributed by atoms with E-state index in [-0.39, 0.29) is 24.8 Å². The second kappa shape index (κ2) is 12.5. The van der Waals surface area contributed by atoms with Crippen LogP contribution in [0.25, 0.3) is 0 Å². The van der Waals surface area contributed by atoms with Crippen LogP contribution in [0.1, 0.15) is 108 Å². The maximum absolute atomic E-state index is 13.4. The van der Waals surface area contributed by atoms with Crippen molar-refractivity contribution in [3.63, 3.8) is 0 Å². The zero-order valence-electron chi connectivity index (χ0n) is 22.5. The minimum Gasteiger partial charge on any atom is -0.478 e. The van der Waals surface area contributed by atoms with Crippen LogP contribution in [-0.4, -0.2) is 41.5 Å². The van der Waals surface area contributed by atoms with Gasteiger partial charge < -0.3 is 15.7 Å². The number of carboxylic acids is 1. The number of hydrogen-bond donors (Lipinski definition) is 3. The van der Waals surface area contributed by atoms with Gasteiger partial charge in [-0.1, -0.05) is 31.4 Å². The summed E-state index contributed by atoms with van der Waals surface area (Å²) in [6, 6.07) is 9.65. The molecule has 1 amide bonds. The Morgan fingerprint density at radius 1 is 0.949 bits per heavy atom. The van der Waals surface area contributed by atoms with Gasteiger partial charge in [0.2, 0.25) is 5.92 Å². The van der Waals surface area contributed by atoms with Gasteiger partial charge in [0.05, 0.1) is 11.1 Å². The van der Waals surface area contributed by atoms with E-state index in [1.807, 2.05) is 23.6 Å². The zero-order chi connectivity index (χ0) is 27.4. The molecule has 1 aromatic carbocycles. The highest BCUT2D eigenvalue weighted by Crippen LogP contribution is 2.44. The number of carbonyl (C=O) groups excluding carboxylic acids is 1. The van der Waals surface area contributed by atoms with Crippen LogP contribution in [0.15, 0.2) is 35.7 Å². The second-order valence-electron chi connectivity index (χ2n) is 12.0. The number of hydrogen-bond acceptors (Lipinski definition) is 4. The number of aromatic carboxylic acids is 1. The highest BCUT2D eigenvalue weighted by atomic mass is 32.1. The zero-order valence-corrected chi connectivity index (χ0v) is 23.3. The van der Waals surface area contributed by atoms with Crippen LogP contribution in [0.3, 0.4) is 0 Å². The number of carboxylic acid groups (broad SMARTS) is 1. The Balaban J connectivity index is 1.04. The molecule has 39 heavy (non-hydrogen) atoms. The average molecular weight is 559 g/mol. The lowest BCUT2D eigenvalue weighted by molar-refractivity contribution is -0.0399. The van der Waals surface area contributed by atoms with E-state index >= 15 is 0 Å². The standard InChI is InChI=1S/C31H40F2N2O3S/c32-31(33)13-11-25(12-14-31)35-29(36)24-16-28(39-19-24)26-17-27(26)34-18-22-4-2-1-3-20(5-6-22)15-21-7-9-23(10-8-21)30(37)38/h7-10,16,19-20,22,25-27,34H,1-6,11-15,17-18H2,(H,35,36)(H,37,38). The molecule has 3 aliphatic rings. The van der Waals surface area contributed by atoms with Gasteiger partial charge >= 0.3 is 5.97 Å². The maximum Gasteiger partial charge on any atom is 0.335 e. The summed E-state index contributed by atoms with van der Waals surface area (Å²) in [5.74, 6) is -1.81. The molecule has 4 unspecified atom stereocenters. The van der Waals surface area contributed by atoms with Gasteiger partial charge in [0, 0.05) is 41.1 Å². The molecule has 0 spiro atoms. The molecule has 4 atom stereocenters. The molecular weight excluding hydrogens is 518 g/mol. The molecule has 3 saturated carbocycles. The van der Waals surface area contributed by atoms with Crippen molar-refractivity contribution in [3.05, 3.63) is 57.3 Å². The highest BCUT2D eigenvalue weighted by molar-refractivity contribution is 7.10. The van der Waals surface area contributed by atoms with Crippen molar-refractivity contribution in [1.82, 2.24) is 10.6 Å². The van der Waals surface area contributed by atoms with Crippen LogP contribution in [0.5, 0.6) is 0 Å². The molecule has 2 aromatic rings. The second-order valence-corrected chi connectivity index (χ2v) is 12.9. The summed E-state index contributed by atoms with van der Waals surface area (Å²) < 4.78 is 26.8. The third-order valence-electron chi connectivity index (χ3n) is 8.94. The molecule has 8 heteroatoms. The molecule has 3 fully saturated rings. The van der Waals surface area contributed by atoms with Gasteiger partial charge in [0.25, 0.3) is 5.91 Å². The Bertz CT molecular complexity index is 1130. The van der Waals surface area contributed by atoms with Crippen molar-refractivity contribution in [3.8, 4) is 0 Å². The lowest BCUT2D eigenvalue weighted by Crippen LogP contribution is -2.40. The number of benzene rings is 1. The van der Waals surface area contributed by atoms with E-state index in [2.05, 4.69) is 10.6 Å². The fourth-order valence-electron chi connectivity index (χ4n) is 6.32. The fraction of sp³-hybridized carbons (Fsp3) is 0.613. The molecule has 5 nitrogen and oxygen atoms in total. The van der Waals surface area contributed by atoms with Crippen molar-refractivity contribution < 1.29 is 23.5 Å². The number of rotatable bonds is 9. The Kier molecular flexibility index (Phi) is 9.02. The summed E-state index contributed by atoms with van der Waals surface area (Å²) in [4.78, 5) is 25.0. The molecule has 0 saturated heterocycles. The first-order valence-electron chi connectivity index (χ1n) is 14.6. The first-order chi connectivity index (χ1) is 18.8. The molecule has 0 bridgehead atoms. The van der Waals surface area contributed by atoms with E-state index < -0.39 is 11.9 Å². The first kappa shape index (κ1) is 28.2. The van der Waals surface area contributed by atoms with Crippen LogP contribution in [0.4, 0.5) is 8.78 Å². The lowest BCUT2D eigenvalue weighted by atomic mass is 9.82. The summed E-state index contributed by atoms with van der Waals surface area (Å²) in [5, 5.41) is 17.8. The number of nitrogens with one attached hydrogen (secondary N) is 2. The highest BCUT2D eigenvalue weighted by Gasteiger charge is 2.40. The number of thiophene rings is 1. The van der Waals surface area contributed by atoms with Gasteiger partial charge in [-0.3, -0.25) is 4.79 Å². The fourth-order valence-corrected chi connectivity index (χ4v) is 7.39. The summed E-state index contributed by atoms with van der Waals surface area (Å²) in [5.41, 5.74) is 2.23. The summed E-state index contributed by atoms with van der Waals surface area (Å²) in [6.07, 6.45) is 9.96. The number of carbonyl (C=O) groups is 2. The normalized spacial score (nSPS) is 27.3. The van der Waals surface area contributed by atoms with Gasteiger partial charge in [-0.25, -0.2) is 13.6 Å². The Morgan fingerprint density at radius 2 is 1.64 bits per heavy atom. The van der Waals surface area contributed by atoms with E-state index in [0.717, 1.165) is 19.4 Å². The predicted octanol–water partition coefficient (Wildman–Crippen LogP) is 7.03. The molecule has 0 radical (unpaired) electrons. The molecule has 3 N–H and O–H groups in total. The molecule has 212 valence electrons. The summed E-state index contributed by atoms with van der Waals surface area (Å²) in [6.45, 7) is 1.03. The Labute approximate surface area is 233 Å². The van der Waals surface area contributed by atoms with Crippen molar-refractivity contribution in [1.29, 1.82) is 0 Å². The first-order valence-corrected chi connectivity index (χ1v) is 15.5.